The van der Waals surface area contributed by atoms with E-state index in [4.69, 9.17) is 0 Å². The van der Waals surface area contributed by atoms with Crippen molar-refractivity contribution in [3.63, 3.8) is 0 Å². The van der Waals surface area contributed by atoms with Crippen LogP contribution in [0.5, 0.6) is 0 Å². The van der Waals surface area contributed by atoms with Gasteiger partial charge in [-0.15, -0.1) is 11.3 Å². The van der Waals surface area contributed by atoms with Gasteiger partial charge in [0.05, 0.1) is 4.88 Å². The lowest BCUT2D eigenvalue weighted by atomic mass is 10.2. The maximum atomic E-state index is 12.3. The minimum absolute atomic E-state index is 0.131. The summed E-state index contributed by atoms with van der Waals surface area (Å²) >= 11 is 1.55. The molecule has 0 bridgehead atoms. The molecule has 26 heavy (non-hydrogen) atoms. The monoisotopic (exact) mass is 371 g/mol. The number of rotatable bonds is 5. The first-order chi connectivity index (χ1) is 12.4. The zero-order chi connectivity index (χ0) is 18.8. The third-order valence-corrected chi connectivity index (χ3v) is 4.91. The summed E-state index contributed by atoms with van der Waals surface area (Å²) in [6.45, 7) is 7.34. The third-order valence-electron chi connectivity index (χ3n) is 4.02. The maximum absolute atomic E-state index is 12.3. The third kappa shape index (κ3) is 3.45. The summed E-state index contributed by atoms with van der Waals surface area (Å²) < 4.78 is 1.48. The van der Waals surface area contributed by atoms with Crippen molar-refractivity contribution in [3.8, 4) is 16.5 Å². The molecule has 0 aliphatic heterocycles. The van der Waals surface area contributed by atoms with E-state index in [1.807, 2.05) is 38.3 Å². The fraction of sp³-hybridized carbons (Fsp3) is 0.333. The number of nitrogens with zero attached hydrogens (tertiary/aromatic N) is 3. The van der Waals surface area contributed by atoms with Crippen LogP contribution < -0.4 is 10.9 Å². The van der Waals surface area contributed by atoms with E-state index in [1.54, 1.807) is 24.3 Å². The number of amides is 1. The number of aromatic amines is 1. The summed E-state index contributed by atoms with van der Waals surface area (Å²) in [5.41, 5.74) is 1.82. The highest BCUT2D eigenvalue weighted by molar-refractivity contribution is 7.13. The number of anilines is 1. The molecule has 0 saturated heterocycles. The van der Waals surface area contributed by atoms with Gasteiger partial charge in [0.25, 0.3) is 5.56 Å². The van der Waals surface area contributed by atoms with E-state index >= 15 is 0 Å². The Morgan fingerprint density at radius 2 is 2.19 bits per heavy atom. The maximum Gasteiger partial charge on any atom is 0.255 e. The van der Waals surface area contributed by atoms with E-state index in [0.717, 1.165) is 4.88 Å². The molecular formula is C18H21N5O2S. The lowest BCUT2D eigenvalue weighted by Gasteiger charge is -2.11. The van der Waals surface area contributed by atoms with E-state index in [-0.39, 0.29) is 23.3 Å². The van der Waals surface area contributed by atoms with Crippen molar-refractivity contribution in [1.82, 2.24) is 19.7 Å². The molecule has 3 rings (SSSR count). The SMILES string of the molecule is CCc1c(C)nc(-n2nc(-c3cccs3)cc2NC(=O)C(C)C)[nH]c1=O. The van der Waals surface area contributed by atoms with Crippen LogP contribution in [0, 0.1) is 12.8 Å². The molecule has 8 heteroatoms. The average molecular weight is 371 g/mol. The number of hydrogen-bond acceptors (Lipinski definition) is 5. The Hall–Kier alpha value is -2.74. The fourth-order valence-corrected chi connectivity index (χ4v) is 3.24. The normalized spacial score (nSPS) is 11.1. The Labute approximate surface area is 155 Å². The molecular weight excluding hydrogens is 350 g/mol. The Morgan fingerprint density at radius 3 is 2.77 bits per heavy atom. The zero-order valence-corrected chi connectivity index (χ0v) is 16.0. The molecule has 2 N–H and O–H groups in total. The van der Waals surface area contributed by atoms with Gasteiger partial charge < -0.3 is 5.32 Å². The van der Waals surface area contributed by atoms with Crippen LogP contribution >= 0.6 is 11.3 Å². The summed E-state index contributed by atoms with van der Waals surface area (Å²) in [4.78, 5) is 32.7. The number of carbonyl (C=O) groups is 1. The quantitative estimate of drug-likeness (QED) is 0.720. The van der Waals surface area contributed by atoms with Crippen molar-refractivity contribution in [3.05, 3.63) is 45.2 Å². The topological polar surface area (TPSA) is 92.7 Å². The van der Waals surface area contributed by atoms with Crippen molar-refractivity contribution < 1.29 is 4.79 Å². The highest BCUT2D eigenvalue weighted by Crippen LogP contribution is 2.27. The van der Waals surface area contributed by atoms with Crippen molar-refractivity contribution in [2.24, 2.45) is 5.92 Å². The fourth-order valence-electron chi connectivity index (χ4n) is 2.56. The van der Waals surface area contributed by atoms with Gasteiger partial charge in [-0.05, 0) is 24.8 Å². The van der Waals surface area contributed by atoms with Crippen molar-refractivity contribution >= 4 is 23.1 Å². The van der Waals surface area contributed by atoms with Crippen LogP contribution in [0.4, 0.5) is 5.82 Å². The van der Waals surface area contributed by atoms with Crippen LogP contribution in [-0.2, 0) is 11.2 Å². The summed E-state index contributed by atoms with van der Waals surface area (Å²) in [5, 5.41) is 9.37. The van der Waals surface area contributed by atoms with Gasteiger partial charge in [-0.3, -0.25) is 14.6 Å². The standard InChI is InChI=1S/C18H21N5O2S/c1-5-12-11(4)19-18(21-17(12)25)23-15(20-16(24)10(2)3)9-13(22-23)14-7-6-8-26-14/h6-10H,5H2,1-4H3,(H,20,24)(H,19,21,25). The number of hydrogen-bond donors (Lipinski definition) is 2. The zero-order valence-electron chi connectivity index (χ0n) is 15.2. The smallest absolute Gasteiger partial charge is 0.255 e. The van der Waals surface area contributed by atoms with Gasteiger partial charge in [-0.2, -0.15) is 9.78 Å². The van der Waals surface area contributed by atoms with E-state index in [0.29, 0.717) is 29.2 Å². The molecule has 136 valence electrons. The number of aromatic nitrogens is 4. The second kappa shape index (κ2) is 7.25. The summed E-state index contributed by atoms with van der Waals surface area (Å²) in [7, 11) is 0. The van der Waals surface area contributed by atoms with Crippen LogP contribution in [0.15, 0.2) is 28.4 Å². The average Bonchev–Trinajstić information content (AvgIpc) is 3.23. The van der Waals surface area contributed by atoms with E-state index in [9.17, 15) is 9.59 Å². The molecule has 0 aromatic carbocycles. The molecule has 0 spiro atoms. The molecule has 1 amide bonds. The molecule has 0 atom stereocenters. The Bertz CT molecular complexity index is 986. The summed E-state index contributed by atoms with van der Waals surface area (Å²) in [6, 6.07) is 5.67. The van der Waals surface area contributed by atoms with Gasteiger partial charge >= 0.3 is 0 Å². The predicted molar refractivity (Wildman–Crippen MR) is 103 cm³/mol. The van der Waals surface area contributed by atoms with Gasteiger partial charge in [0, 0.05) is 23.2 Å². The molecule has 0 aliphatic rings. The van der Waals surface area contributed by atoms with E-state index in [1.165, 1.54) is 4.68 Å². The minimum atomic E-state index is -0.190. The second-order valence-electron chi connectivity index (χ2n) is 6.25. The summed E-state index contributed by atoms with van der Waals surface area (Å²) in [5.74, 6) is 0.443. The molecule has 0 fully saturated rings. The molecule has 3 heterocycles. The van der Waals surface area contributed by atoms with Crippen LogP contribution in [0.1, 0.15) is 32.0 Å². The highest BCUT2D eigenvalue weighted by atomic mass is 32.1. The molecule has 0 saturated carbocycles. The van der Waals surface area contributed by atoms with E-state index < -0.39 is 0 Å². The molecule has 0 unspecified atom stereocenters. The van der Waals surface area contributed by atoms with Crippen LogP contribution in [0.3, 0.4) is 0 Å². The van der Waals surface area contributed by atoms with Crippen molar-refractivity contribution in [2.45, 2.75) is 34.1 Å². The van der Waals surface area contributed by atoms with Gasteiger partial charge in [-0.25, -0.2) is 4.98 Å². The van der Waals surface area contributed by atoms with Crippen LogP contribution in [0.25, 0.3) is 16.5 Å². The van der Waals surface area contributed by atoms with Crippen LogP contribution in [0.2, 0.25) is 0 Å². The van der Waals surface area contributed by atoms with Gasteiger partial charge in [0.2, 0.25) is 11.9 Å². The van der Waals surface area contributed by atoms with Gasteiger partial charge in [0.15, 0.2) is 0 Å². The largest absolute Gasteiger partial charge is 0.310 e. The van der Waals surface area contributed by atoms with E-state index in [2.05, 4.69) is 20.4 Å². The number of carbonyl (C=O) groups excluding carboxylic acids is 1. The Kier molecular flexibility index (Phi) is 5.03. The number of aryl methyl sites for hydroxylation is 1. The lowest BCUT2D eigenvalue weighted by Crippen LogP contribution is -2.23. The number of nitrogens with one attached hydrogen (secondary N) is 2. The summed E-state index contributed by atoms with van der Waals surface area (Å²) in [6.07, 6.45) is 0.602. The van der Waals surface area contributed by atoms with Crippen molar-refractivity contribution in [2.75, 3.05) is 5.32 Å². The Balaban J connectivity index is 2.13. The molecule has 3 aromatic heterocycles. The lowest BCUT2D eigenvalue weighted by molar-refractivity contribution is -0.118. The van der Waals surface area contributed by atoms with Crippen molar-refractivity contribution in [1.29, 1.82) is 0 Å². The molecule has 0 radical (unpaired) electrons. The first kappa shape index (κ1) is 18.1. The van der Waals surface area contributed by atoms with Gasteiger partial charge in [0.1, 0.15) is 11.5 Å². The first-order valence-corrected chi connectivity index (χ1v) is 9.33. The predicted octanol–water partition coefficient (Wildman–Crippen LogP) is 3.15. The van der Waals surface area contributed by atoms with Crippen LogP contribution in [-0.4, -0.2) is 25.7 Å². The molecule has 7 nitrogen and oxygen atoms in total. The van der Waals surface area contributed by atoms with Gasteiger partial charge in [-0.1, -0.05) is 26.8 Å². The number of thiophene rings is 1. The first-order valence-electron chi connectivity index (χ1n) is 8.45. The minimum Gasteiger partial charge on any atom is -0.310 e. The molecule has 3 aromatic rings. The number of H-pyrrole nitrogens is 1. The Morgan fingerprint density at radius 1 is 1.42 bits per heavy atom. The highest BCUT2D eigenvalue weighted by Gasteiger charge is 2.18. The second-order valence-corrected chi connectivity index (χ2v) is 7.20. The molecule has 0 aliphatic carbocycles.